The number of nitrogens with one attached hydrogen (secondary N) is 3. The summed E-state index contributed by atoms with van der Waals surface area (Å²) in [5.41, 5.74) is 3.84. The molecule has 2 amide bonds. The van der Waals surface area contributed by atoms with Crippen LogP contribution in [0.5, 0.6) is 5.75 Å². The van der Waals surface area contributed by atoms with Gasteiger partial charge in [-0.2, -0.15) is 0 Å². The van der Waals surface area contributed by atoms with Gasteiger partial charge in [0.15, 0.2) is 5.11 Å². The van der Waals surface area contributed by atoms with Crippen LogP contribution in [0.1, 0.15) is 44.8 Å². The predicted molar refractivity (Wildman–Crippen MR) is 155 cm³/mol. The minimum absolute atomic E-state index is 0.114. The highest BCUT2D eigenvalue weighted by molar-refractivity contribution is 7.80. The van der Waals surface area contributed by atoms with Gasteiger partial charge in [0.2, 0.25) is 0 Å². The second kappa shape index (κ2) is 13.2. The van der Waals surface area contributed by atoms with Crippen LogP contribution in [-0.4, -0.2) is 23.5 Å². The molecule has 0 saturated carbocycles. The van der Waals surface area contributed by atoms with E-state index in [0.29, 0.717) is 29.2 Å². The highest BCUT2D eigenvalue weighted by atomic mass is 32.1. The lowest BCUT2D eigenvalue weighted by Crippen LogP contribution is -2.34. The molecule has 0 aromatic heterocycles. The van der Waals surface area contributed by atoms with Crippen LogP contribution in [0, 0.1) is 0 Å². The van der Waals surface area contributed by atoms with Crippen molar-refractivity contribution in [1.29, 1.82) is 0 Å². The second-order valence-electron chi connectivity index (χ2n) is 8.70. The van der Waals surface area contributed by atoms with Gasteiger partial charge < -0.3 is 15.4 Å². The lowest BCUT2D eigenvalue weighted by Gasteiger charge is -2.15. The zero-order valence-electron chi connectivity index (χ0n) is 21.0. The first-order valence-electron chi connectivity index (χ1n) is 12.3. The Balaban J connectivity index is 1.26. The average molecular weight is 524 g/mol. The van der Waals surface area contributed by atoms with E-state index in [0.717, 1.165) is 12.0 Å². The van der Waals surface area contributed by atoms with Crippen LogP contribution in [-0.2, 0) is 6.42 Å². The fourth-order valence-electron chi connectivity index (χ4n) is 3.81. The number of anilines is 1. The fourth-order valence-corrected chi connectivity index (χ4v) is 4.02. The van der Waals surface area contributed by atoms with Gasteiger partial charge in [-0.25, -0.2) is 0 Å². The molecule has 0 aliphatic carbocycles. The van der Waals surface area contributed by atoms with E-state index in [1.54, 1.807) is 42.5 Å². The summed E-state index contributed by atoms with van der Waals surface area (Å²) >= 11 is 5.31. The molecule has 3 N–H and O–H groups in total. The maximum Gasteiger partial charge on any atom is 0.257 e. The van der Waals surface area contributed by atoms with Crippen LogP contribution in [0.25, 0.3) is 0 Å². The second-order valence-corrected chi connectivity index (χ2v) is 9.11. The minimum atomic E-state index is -0.345. The molecule has 0 aliphatic rings. The van der Waals surface area contributed by atoms with Crippen LogP contribution in [0.4, 0.5) is 5.69 Å². The van der Waals surface area contributed by atoms with Crippen molar-refractivity contribution in [2.24, 2.45) is 0 Å². The number of hydrogen-bond donors (Lipinski definition) is 3. The number of benzene rings is 4. The Morgan fingerprint density at radius 1 is 0.789 bits per heavy atom. The number of amides is 2. The molecule has 192 valence electrons. The highest BCUT2D eigenvalue weighted by Gasteiger charge is 2.12. The first-order valence-corrected chi connectivity index (χ1v) is 12.7. The summed E-state index contributed by atoms with van der Waals surface area (Å²) in [5, 5.41) is 8.80. The first kappa shape index (κ1) is 26.6. The number of carbonyl (C=O) groups is 2. The van der Waals surface area contributed by atoms with Crippen LogP contribution in [0.2, 0.25) is 0 Å². The van der Waals surface area contributed by atoms with Gasteiger partial charge >= 0.3 is 0 Å². The van der Waals surface area contributed by atoms with E-state index < -0.39 is 0 Å². The maximum atomic E-state index is 12.7. The lowest BCUT2D eigenvalue weighted by molar-refractivity contribution is 0.0938. The third-order valence-corrected chi connectivity index (χ3v) is 6.08. The molecule has 38 heavy (non-hydrogen) atoms. The molecule has 6 nitrogen and oxygen atoms in total. The molecule has 1 unspecified atom stereocenters. The van der Waals surface area contributed by atoms with E-state index in [1.165, 1.54) is 5.56 Å². The molecule has 4 aromatic carbocycles. The molecular formula is C31H29N3O3S. The molecule has 1 atom stereocenters. The van der Waals surface area contributed by atoms with Crippen molar-refractivity contribution in [2.75, 3.05) is 11.9 Å². The maximum absolute atomic E-state index is 12.7. The third kappa shape index (κ3) is 7.75. The summed E-state index contributed by atoms with van der Waals surface area (Å²) in [7, 11) is 0. The molecule has 4 aromatic rings. The van der Waals surface area contributed by atoms with Gasteiger partial charge in [0, 0.05) is 23.2 Å². The minimum Gasteiger partial charge on any atom is -0.493 e. The molecule has 0 heterocycles. The SMILES string of the molecule is CC(NC(=O)c1ccc(NC(=S)NC(=O)c2cccc(OCCc3ccccc3)c2)cc1)c1ccccc1. The smallest absolute Gasteiger partial charge is 0.257 e. The molecule has 0 saturated heterocycles. The van der Waals surface area contributed by atoms with Gasteiger partial charge in [-0.1, -0.05) is 66.7 Å². The fraction of sp³-hybridized carbons (Fsp3) is 0.129. The zero-order chi connectivity index (χ0) is 26.7. The molecule has 7 heteroatoms. The quantitative estimate of drug-likeness (QED) is 0.237. The Hall–Kier alpha value is -4.49. The van der Waals surface area contributed by atoms with E-state index >= 15 is 0 Å². The van der Waals surface area contributed by atoms with Crippen molar-refractivity contribution >= 4 is 34.8 Å². The van der Waals surface area contributed by atoms with Crippen molar-refractivity contribution in [3.63, 3.8) is 0 Å². The normalized spacial score (nSPS) is 11.2. The van der Waals surface area contributed by atoms with Crippen LogP contribution in [0.15, 0.2) is 109 Å². The highest BCUT2D eigenvalue weighted by Crippen LogP contribution is 2.16. The molecule has 0 bridgehead atoms. The van der Waals surface area contributed by atoms with E-state index in [-0.39, 0.29) is 23.0 Å². The Bertz CT molecular complexity index is 1380. The summed E-state index contributed by atoms with van der Waals surface area (Å²) in [4.78, 5) is 25.3. The molecular weight excluding hydrogens is 494 g/mol. The van der Waals surface area contributed by atoms with Crippen molar-refractivity contribution < 1.29 is 14.3 Å². The van der Waals surface area contributed by atoms with E-state index in [2.05, 4.69) is 28.1 Å². The average Bonchev–Trinajstić information content (AvgIpc) is 2.94. The molecule has 0 radical (unpaired) electrons. The van der Waals surface area contributed by atoms with Gasteiger partial charge in [0.25, 0.3) is 11.8 Å². The first-order chi connectivity index (χ1) is 18.5. The Labute approximate surface area is 228 Å². The number of ether oxygens (including phenoxy) is 1. The van der Waals surface area contributed by atoms with Gasteiger partial charge in [-0.05, 0) is 72.7 Å². The summed E-state index contributed by atoms with van der Waals surface area (Å²) in [5.74, 6) is 0.0967. The molecule has 0 fully saturated rings. The summed E-state index contributed by atoms with van der Waals surface area (Å²) in [6.45, 7) is 2.45. The number of thiocarbonyl (C=S) groups is 1. The van der Waals surface area contributed by atoms with E-state index in [1.807, 2.05) is 61.5 Å². The Morgan fingerprint density at radius 2 is 1.47 bits per heavy atom. The van der Waals surface area contributed by atoms with Gasteiger partial charge in [0.05, 0.1) is 12.6 Å². The summed E-state index contributed by atoms with van der Waals surface area (Å²) < 4.78 is 5.82. The van der Waals surface area contributed by atoms with Crippen molar-refractivity contribution in [3.8, 4) is 5.75 Å². The number of rotatable bonds is 9. The van der Waals surface area contributed by atoms with E-state index in [4.69, 9.17) is 17.0 Å². The summed E-state index contributed by atoms with van der Waals surface area (Å²) in [6.07, 6.45) is 0.776. The standard InChI is InChI=1S/C31H29N3O3S/c1-22(24-11-6-3-7-12-24)32-29(35)25-15-17-27(18-16-25)33-31(38)34-30(36)26-13-8-14-28(21-26)37-20-19-23-9-4-2-5-10-23/h2-18,21-22H,19-20H2,1H3,(H,32,35)(H2,33,34,36,38). The number of carbonyl (C=O) groups excluding carboxylic acids is 2. The molecule has 0 spiro atoms. The third-order valence-electron chi connectivity index (χ3n) is 5.88. The van der Waals surface area contributed by atoms with Crippen LogP contribution < -0.4 is 20.7 Å². The van der Waals surface area contributed by atoms with Gasteiger partial charge in [-0.3, -0.25) is 14.9 Å². The topological polar surface area (TPSA) is 79.5 Å². The van der Waals surface area contributed by atoms with Gasteiger partial charge in [0.1, 0.15) is 5.75 Å². The number of hydrogen-bond acceptors (Lipinski definition) is 4. The Morgan fingerprint density at radius 3 is 2.18 bits per heavy atom. The van der Waals surface area contributed by atoms with Crippen LogP contribution in [0.3, 0.4) is 0 Å². The summed E-state index contributed by atoms with van der Waals surface area (Å²) in [6, 6.07) is 33.6. The zero-order valence-corrected chi connectivity index (χ0v) is 21.8. The largest absolute Gasteiger partial charge is 0.493 e. The van der Waals surface area contributed by atoms with Crippen molar-refractivity contribution in [3.05, 3.63) is 131 Å². The van der Waals surface area contributed by atoms with Crippen molar-refractivity contribution in [1.82, 2.24) is 10.6 Å². The molecule has 0 aliphatic heterocycles. The predicted octanol–water partition coefficient (Wildman–Crippen LogP) is 5.93. The van der Waals surface area contributed by atoms with Crippen LogP contribution >= 0.6 is 12.2 Å². The van der Waals surface area contributed by atoms with E-state index in [9.17, 15) is 9.59 Å². The lowest BCUT2D eigenvalue weighted by atomic mass is 10.1. The Kier molecular flexibility index (Phi) is 9.21. The van der Waals surface area contributed by atoms with Crippen molar-refractivity contribution in [2.45, 2.75) is 19.4 Å². The monoisotopic (exact) mass is 523 g/mol. The van der Waals surface area contributed by atoms with Gasteiger partial charge in [-0.15, -0.1) is 0 Å². The molecule has 4 rings (SSSR count).